The molecule has 2 heterocycles. The van der Waals surface area contributed by atoms with Gasteiger partial charge >= 0.3 is 0 Å². The molecule has 4 rings (SSSR count). The minimum absolute atomic E-state index is 0.170. The summed E-state index contributed by atoms with van der Waals surface area (Å²) < 4.78 is 0. The fourth-order valence-electron chi connectivity index (χ4n) is 4.02. The molecule has 0 spiro atoms. The maximum Gasteiger partial charge on any atom is 0.230 e. The average molecular weight is 416 g/mol. The molecular formula is C23H24N6O2. The monoisotopic (exact) mass is 416 g/mol. The Morgan fingerprint density at radius 2 is 2.06 bits per heavy atom. The number of aryl methyl sites for hydroxylation is 1. The number of benzene rings is 2. The fourth-order valence-corrected chi connectivity index (χ4v) is 4.02. The fraction of sp³-hybridized carbons (Fsp3) is 0.304. The van der Waals surface area contributed by atoms with Crippen molar-refractivity contribution in [2.45, 2.75) is 38.3 Å². The Labute approximate surface area is 180 Å². The van der Waals surface area contributed by atoms with E-state index in [1.54, 1.807) is 25.1 Å². The Morgan fingerprint density at radius 3 is 2.81 bits per heavy atom. The van der Waals surface area contributed by atoms with Crippen LogP contribution in [0, 0.1) is 18.3 Å². The number of rotatable bonds is 4. The van der Waals surface area contributed by atoms with E-state index >= 15 is 0 Å². The molecule has 1 aliphatic rings. The lowest BCUT2D eigenvalue weighted by Crippen LogP contribution is -2.49. The Kier molecular flexibility index (Phi) is 5.65. The molecule has 0 amide bonds. The molecule has 31 heavy (non-hydrogen) atoms. The summed E-state index contributed by atoms with van der Waals surface area (Å²) in [6, 6.07) is 15.3. The lowest BCUT2D eigenvalue weighted by Gasteiger charge is -2.40. The standard InChI is InChI=1S/C23H24N6O2/c1-15-10-19(6-7-20(15)18-8-9-29(31)23(2,30)12-18)27-22-26-14-25-21(28-22)17-5-3-4-16(11-17)13-24/h3-7,10-11,14,18,30-31H,8-9,12H2,1-2H3,(H,25,26,27,28). The zero-order chi connectivity index (χ0) is 22.0. The average Bonchev–Trinajstić information content (AvgIpc) is 2.76. The third kappa shape index (κ3) is 4.54. The van der Waals surface area contributed by atoms with E-state index in [1.165, 1.54) is 6.33 Å². The largest absolute Gasteiger partial charge is 0.374 e. The second-order valence-electron chi connectivity index (χ2n) is 8.05. The van der Waals surface area contributed by atoms with Crippen molar-refractivity contribution >= 4 is 11.6 Å². The number of nitrogens with zero attached hydrogens (tertiary/aromatic N) is 5. The number of hydrogen-bond donors (Lipinski definition) is 3. The minimum Gasteiger partial charge on any atom is -0.374 e. The molecule has 3 aromatic rings. The van der Waals surface area contributed by atoms with Crippen LogP contribution in [0.25, 0.3) is 11.4 Å². The third-order valence-electron chi connectivity index (χ3n) is 5.67. The van der Waals surface area contributed by atoms with Crippen LogP contribution in [0.1, 0.15) is 42.4 Å². The molecule has 0 saturated carbocycles. The number of nitrogens with one attached hydrogen (secondary N) is 1. The van der Waals surface area contributed by atoms with Gasteiger partial charge in [-0.1, -0.05) is 18.2 Å². The molecule has 1 aromatic heterocycles. The highest BCUT2D eigenvalue weighted by atomic mass is 16.5. The SMILES string of the molecule is Cc1cc(Nc2ncnc(-c3cccc(C#N)c3)n2)ccc1C1CCN(O)C(C)(O)C1. The Balaban J connectivity index is 1.53. The van der Waals surface area contributed by atoms with Crippen molar-refractivity contribution in [1.82, 2.24) is 20.0 Å². The molecule has 2 unspecified atom stereocenters. The number of aromatic nitrogens is 3. The molecule has 1 fully saturated rings. The van der Waals surface area contributed by atoms with Crippen LogP contribution in [-0.2, 0) is 0 Å². The Morgan fingerprint density at radius 1 is 1.23 bits per heavy atom. The van der Waals surface area contributed by atoms with Crippen LogP contribution in [0.15, 0.2) is 48.8 Å². The first-order chi connectivity index (χ1) is 14.9. The van der Waals surface area contributed by atoms with Crippen molar-refractivity contribution in [3.8, 4) is 17.5 Å². The van der Waals surface area contributed by atoms with Crippen molar-refractivity contribution in [3.05, 3.63) is 65.5 Å². The van der Waals surface area contributed by atoms with Gasteiger partial charge in [0, 0.05) is 17.8 Å². The van der Waals surface area contributed by atoms with E-state index in [4.69, 9.17) is 5.26 Å². The number of piperidine rings is 1. The van der Waals surface area contributed by atoms with E-state index in [0.717, 1.165) is 33.9 Å². The molecule has 0 radical (unpaired) electrons. The summed E-state index contributed by atoms with van der Waals surface area (Å²) in [6.45, 7) is 4.10. The van der Waals surface area contributed by atoms with Crippen molar-refractivity contribution in [1.29, 1.82) is 5.26 Å². The van der Waals surface area contributed by atoms with Gasteiger partial charge in [0.15, 0.2) is 5.82 Å². The van der Waals surface area contributed by atoms with E-state index in [9.17, 15) is 10.3 Å². The minimum atomic E-state index is -1.23. The number of hydroxylamine groups is 2. The van der Waals surface area contributed by atoms with Crippen LogP contribution in [-0.4, -0.2) is 42.6 Å². The van der Waals surface area contributed by atoms with Crippen molar-refractivity contribution in [3.63, 3.8) is 0 Å². The number of aliphatic hydroxyl groups is 1. The van der Waals surface area contributed by atoms with Crippen molar-refractivity contribution in [2.24, 2.45) is 0 Å². The summed E-state index contributed by atoms with van der Waals surface area (Å²) in [5, 5.41) is 33.6. The molecule has 0 aliphatic carbocycles. The second kappa shape index (κ2) is 8.40. The summed E-state index contributed by atoms with van der Waals surface area (Å²) in [6.07, 6.45) is 2.68. The van der Waals surface area contributed by atoms with Crippen molar-refractivity contribution in [2.75, 3.05) is 11.9 Å². The maximum absolute atomic E-state index is 10.4. The van der Waals surface area contributed by atoms with Crippen LogP contribution >= 0.6 is 0 Å². The quantitative estimate of drug-likeness (QED) is 0.589. The van der Waals surface area contributed by atoms with E-state index in [-0.39, 0.29) is 5.92 Å². The summed E-state index contributed by atoms with van der Waals surface area (Å²) >= 11 is 0. The number of hydrogen-bond acceptors (Lipinski definition) is 8. The maximum atomic E-state index is 10.4. The van der Waals surface area contributed by atoms with Gasteiger partial charge in [-0.2, -0.15) is 15.3 Å². The molecule has 0 bridgehead atoms. The van der Waals surface area contributed by atoms with Gasteiger partial charge in [0.05, 0.1) is 11.6 Å². The molecule has 2 atom stereocenters. The highest BCUT2D eigenvalue weighted by molar-refractivity contribution is 5.61. The van der Waals surface area contributed by atoms with Gasteiger partial charge in [-0.15, -0.1) is 0 Å². The van der Waals surface area contributed by atoms with Gasteiger partial charge in [0.2, 0.25) is 5.95 Å². The summed E-state index contributed by atoms with van der Waals surface area (Å²) in [4.78, 5) is 12.9. The molecule has 3 N–H and O–H groups in total. The van der Waals surface area contributed by atoms with Crippen LogP contribution < -0.4 is 5.32 Å². The highest BCUT2D eigenvalue weighted by Gasteiger charge is 2.37. The second-order valence-corrected chi connectivity index (χ2v) is 8.05. The first kappa shape index (κ1) is 20.9. The molecule has 158 valence electrons. The molecule has 1 aliphatic heterocycles. The van der Waals surface area contributed by atoms with Gasteiger partial charge in [-0.05, 0) is 68.0 Å². The zero-order valence-electron chi connectivity index (χ0n) is 17.4. The van der Waals surface area contributed by atoms with Gasteiger partial charge in [0.1, 0.15) is 12.1 Å². The normalized spacial score (nSPS) is 21.5. The molecule has 2 aromatic carbocycles. The first-order valence-corrected chi connectivity index (χ1v) is 10.1. The molecule has 8 heteroatoms. The van der Waals surface area contributed by atoms with E-state index in [1.807, 2.05) is 31.2 Å². The van der Waals surface area contributed by atoms with Crippen LogP contribution in [0.4, 0.5) is 11.6 Å². The zero-order valence-corrected chi connectivity index (χ0v) is 17.4. The van der Waals surface area contributed by atoms with E-state index < -0.39 is 5.72 Å². The predicted octanol–water partition coefficient (Wildman–Crippen LogP) is 3.74. The Bertz CT molecular complexity index is 1140. The van der Waals surface area contributed by atoms with Crippen LogP contribution in [0.2, 0.25) is 0 Å². The topological polar surface area (TPSA) is 118 Å². The lowest BCUT2D eigenvalue weighted by atomic mass is 9.83. The smallest absolute Gasteiger partial charge is 0.230 e. The van der Waals surface area contributed by atoms with Crippen molar-refractivity contribution < 1.29 is 10.3 Å². The van der Waals surface area contributed by atoms with Gasteiger partial charge in [0.25, 0.3) is 0 Å². The van der Waals surface area contributed by atoms with E-state index in [0.29, 0.717) is 30.3 Å². The summed E-state index contributed by atoms with van der Waals surface area (Å²) in [5.41, 5.74) is 3.16. The van der Waals surface area contributed by atoms with E-state index in [2.05, 4.69) is 26.3 Å². The first-order valence-electron chi connectivity index (χ1n) is 10.1. The van der Waals surface area contributed by atoms with Crippen LogP contribution in [0.5, 0.6) is 0 Å². The number of nitriles is 1. The van der Waals surface area contributed by atoms with Gasteiger partial charge < -0.3 is 15.6 Å². The summed E-state index contributed by atoms with van der Waals surface area (Å²) in [7, 11) is 0. The molecule has 1 saturated heterocycles. The number of anilines is 2. The highest BCUT2D eigenvalue weighted by Crippen LogP contribution is 2.37. The predicted molar refractivity (Wildman–Crippen MR) is 116 cm³/mol. The van der Waals surface area contributed by atoms with Gasteiger partial charge in [-0.3, -0.25) is 0 Å². The molecule has 8 nitrogen and oxygen atoms in total. The van der Waals surface area contributed by atoms with Crippen LogP contribution in [0.3, 0.4) is 0 Å². The summed E-state index contributed by atoms with van der Waals surface area (Å²) in [5.74, 6) is 1.07. The Hall–Kier alpha value is -3.38. The van der Waals surface area contributed by atoms with Gasteiger partial charge in [-0.25, -0.2) is 9.97 Å². The third-order valence-corrected chi connectivity index (χ3v) is 5.67. The lowest BCUT2D eigenvalue weighted by molar-refractivity contribution is -0.271. The molecular weight excluding hydrogens is 392 g/mol.